The Labute approximate surface area is 318 Å². The van der Waals surface area contributed by atoms with Gasteiger partial charge in [-0.1, -0.05) is 24.3 Å². The van der Waals surface area contributed by atoms with Crippen LogP contribution in [0.1, 0.15) is 86.3 Å². The molecule has 0 unspecified atom stereocenters. The van der Waals surface area contributed by atoms with Crippen LogP contribution in [0.2, 0.25) is 0 Å². The second-order valence-corrected chi connectivity index (χ2v) is 15.7. The monoisotopic (exact) mass is 743 g/mol. The van der Waals surface area contributed by atoms with E-state index >= 15 is 0 Å². The molecule has 2 amide bonds. The summed E-state index contributed by atoms with van der Waals surface area (Å²) in [6.45, 7) is 6.46. The summed E-state index contributed by atoms with van der Waals surface area (Å²) >= 11 is 1.68. The average molecular weight is 744 g/mol. The van der Waals surface area contributed by atoms with E-state index in [9.17, 15) is 14.9 Å². The Morgan fingerprint density at radius 3 is 2.54 bits per heavy atom. The van der Waals surface area contributed by atoms with Crippen LogP contribution in [0.5, 0.6) is 0 Å². The molecule has 0 spiro atoms. The molecule has 7 heterocycles. The molecule has 14 heteroatoms. The molecule has 5 aromatic heterocycles. The Morgan fingerprint density at radius 1 is 0.981 bits per heavy atom. The van der Waals surface area contributed by atoms with Gasteiger partial charge >= 0.3 is 0 Å². The van der Waals surface area contributed by atoms with Crippen molar-refractivity contribution in [3.05, 3.63) is 71.1 Å². The summed E-state index contributed by atoms with van der Waals surface area (Å²) in [5, 5.41) is 30.8. The molecule has 278 valence electrons. The van der Waals surface area contributed by atoms with Crippen molar-refractivity contribution in [3.63, 3.8) is 0 Å². The normalized spacial score (nSPS) is 21.0. The van der Waals surface area contributed by atoms with Gasteiger partial charge in [0.1, 0.15) is 16.9 Å². The average Bonchev–Trinajstić information content (AvgIpc) is 3.88. The van der Waals surface area contributed by atoms with Crippen LogP contribution < -0.4 is 15.5 Å². The van der Waals surface area contributed by atoms with E-state index in [-0.39, 0.29) is 17.7 Å². The highest BCUT2D eigenvalue weighted by atomic mass is 32.1. The summed E-state index contributed by atoms with van der Waals surface area (Å²) in [6.07, 6.45) is 13.0. The molecule has 0 radical (unpaired) electrons. The van der Waals surface area contributed by atoms with Crippen LogP contribution in [0.3, 0.4) is 0 Å². The molecular weight excluding hydrogens is 699 g/mol. The molecule has 0 aromatic carbocycles. The Morgan fingerprint density at radius 2 is 1.81 bits per heavy atom. The SMILES string of the molecule is CCN(CC1CCN(c2ccc([C@H]3CCC(=O)NC3=O)cn2)CC1)C1CCC(c2nnc(-c3cnc(-c4ccc5cc(C#N)cnn45)cc3NC)s2)CC1. The zero-order valence-electron chi connectivity index (χ0n) is 30.7. The van der Waals surface area contributed by atoms with Crippen molar-refractivity contribution >= 4 is 40.2 Å². The Hall–Kier alpha value is -5.26. The maximum Gasteiger partial charge on any atom is 0.234 e. The number of piperidine rings is 2. The number of nitrogens with one attached hydrogen (secondary N) is 2. The maximum absolute atomic E-state index is 12.3. The second-order valence-electron chi connectivity index (χ2n) is 14.7. The zero-order chi connectivity index (χ0) is 37.2. The van der Waals surface area contributed by atoms with E-state index in [1.807, 2.05) is 55.8 Å². The molecule has 2 aliphatic heterocycles. The lowest BCUT2D eigenvalue weighted by atomic mass is 9.85. The first-order chi connectivity index (χ1) is 26.4. The number of nitrogens with zero attached hydrogens (tertiary/aromatic N) is 9. The fourth-order valence-corrected chi connectivity index (χ4v) is 9.47. The van der Waals surface area contributed by atoms with Crippen LogP contribution in [0.25, 0.3) is 27.5 Å². The van der Waals surface area contributed by atoms with Crippen molar-refractivity contribution in [2.24, 2.45) is 5.92 Å². The van der Waals surface area contributed by atoms with E-state index in [4.69, 9.17) is 15.1 Å². The first-order valence-electron chi connectivity index (χ1n) is 19.1. The zero-order valence-corrected chi connectivity index (χ0v) is 31.6. The van der Waals surface area contributed by atoms with E-state index in [0.717, 1.165) is 101 Å². The van der Waals surface area contributed by atoms with Gasteiger partial charge in [0, 0.05) is 63.1 Å². The summed E-state index contributed by atoms with van der Waals surface area (Å²) in [6, 6.07) is 14.5. The van der Waals surface area contributed by atoms with Gasteiger partial charge in [-0.3, -0.25) is 19.9 Å². The van der Waals surface area contributed by atoms with Gasteiger partial charge < -0.3 is 15.1 Å². The number of imide groups is 1. The summed E-state index contributed by atoms with van der Waals surface area (Å²) < 4.78 is 1.80. The fourth-order valence-electron chi connectivity index (χ4n) is 8.44. The van der Waals surface area contributed by atoms with E-state index in [2.05, 4.69) is 43.6 Å². The summed E-state index contributed by atoms with van der Waals surface area (Å²) in [5.74, 6) is 1.34. The standard InChI is InChI=1S/C40H45N11O2S/c1-3-49(24-25-14-16-50(17-15-25)36-12-6-28(22-44-36)31-10-13-37(52)46-38(31)53)29-7-4-27(5-8-29)39-47-48-40(54-39)32-23-43-34(19-33(32)42-2)35-11-9-30-18-26(20-41)21-45-51(30)35/h6,9,11-12,18-19,21-23,25,27,29,31H,3-5,7-8,10,13-17,24H2,1-2H3,(H,42,43)(H,46,52,53)/t27?,29?,31-/m1/s1. The third-order valence-corrected chi connectivity index (χ3v) is 12.7. The third-order valence-electron chi connectivity index (χ3n) is 11.5. The minimum atomic E-state index is -0.299. The highest BCUT2D eigenvalue weighted by molar-refractivity contribution is 7.14. The van der Waals surface area contributed by atoms with Crippen LogP contribution in [0.15, 0.2) is 55.0 Å². The number of pyridine rings is 2. The van der Waals surface area contributed by atoms with Crippen molar-refractivity contribution in [1.29, 1.82) is 5.26 Å². The van der Waals surface area contributed by atoms with Crippen molar-refractivity contribution < 1.29 is 9.59 Å². The van der Waals surface area contributed by atoms with Crippen molar-refractivity contribution in [2.75, 3.05) is 43.4 Å². The van der Waals surface area contributed by atoms with E-state index in [1.54, 1.807) is 22.0 Å². The van der Waals surface area contributed by atoms with Gasteiger partial charge in [0.25, 0.3) is 0 Å². The molecule has 2 N–H and O–H groups in total. The molecule has 54 heavy (non-hydrogen) atoms. The van der Waals surface area contributed by atoms with Crippen molar-refractivity contribution in [2.45, 2.75) is 76.2 Å². The van der Waals surface area contributed by atoms with Gasteiger partial charge in [0.15, 0.2) is 5.01 Å². The molecular formula is C40H45N11O2S. The van der Waals surface area contributed by atoms with Crippen LogP contribution in [0.4, 0.5) is 11.5 Å². The number of carbonyl (C=O) groups is 2. The van der Waals surface area contributed by atoms with E-state index in [1.165, 1.54) is 12.8 Å². The van der Waals surface area contributed by atoms with E-state index in [0.29, 0.717) is 36.3 Å². The van der Waals surface area contributed by atoms with E-state index < -0.39 is 0 Å². The maximum atomic E-state index is 12.3. The Kier molecular flexibility index (Phi) is 10.3. The predicted octanol–water partition coefficient (Wildman–Crippen LogP) is 6.01. The highest BCUT2D eigenvalue weighted by Crippen LogP contribution is 2.40. The van der Waals surface area contributed by atoms with Gasteiger partial charge in [-0.05, 0) is 93.3 Å². The van der Waals surface area contributed by atoms with Crippen molar-refractivity contribution in [1.82, 2.24) is 40.0 Å². The number of amides is 2. The number of fused-ring (bicyclic) bond motifs is 1. The number of nitriles is 1. The molecule has 1 saturated carbocycles. The molecule has 13 nitrogen and oxygen atoms in total. The van der Waals surface area contributed by atoms with Crippen LogP contribution in [-0.4, -0.2) is 85.8 Å². The lowest BCUT2D eigenvalue weighted by Gasteiger charge is -2.40. The molecule has 3 aliphatic rings. The first kappa shape index (κ1) is 35.8. The number of hydrogen-bond donors (Lipinski definition) is 2. The smallest absolute Gasteiger partial charge is 0.234 e. The molecule has 1 aliphatic carbocycles. The predicted molar refractivity (Wildman–Crippen MR) is 208 cm³/mol. The summed E-state index contributed by atoms with van der Waals surface area (Å²) in [7, 11) is 1.91. The Bertz CT molecular complexity index is 2180. The quantitative estimate of drug-likeness (QED) is 0.162. The molecule has 5 aromatic rings. The van der Waals surface area contributed by atoms with Gasteiger partial charge in [-0.15, -0.1) is 10.2 Å². The number of carbonyl (C=O) groups excluding carboxylic acids is 2. The highest BCUT2D eigenvalue weighted by Gasteiger charge is 2.32. The number of hydrogen-bond acceptors (Lipinski definition) is 12. The molecule has 8 rings (SSSR count). The molecule has 1 atom stereocenters. The summed E-state index contributed by atoms with van der Waals surface area (Å²) in [5.41, 5.74) is 5.75. The topological polar surface area (TPSA) is 157 Å². The first-order valence-corrected chi connectivity index (χ1v) is 19.9. The fraction of sp³-hybridized carbons (Fsp3) is 0.450. The third kappa shape index (κ3) is 7.30. The van der Waals surface area contributed by atoms with Crippen LogP contribution in [0, 0.1) is 17.2 Å². The number of rotatable bonds is 10. The molecule has 0 bridgehead atoms. The lowest BCUT2D eigenvalue weighted by Crippen LogP contribution is -2.44. The number of aromatic nitrogens is 6. The summed E-state index contributed by atoms with van der Waals surface area (Å²) in [4.78, 5) is 38.4. The van der Waals surface area contributed by atoms with Crippen LogP contribution in [-0.2, 0) is 9.59 Å². The minimum Gasteiger partial charge on any atom is -0.387 e. The van der Waals surface area contributed by atoms with Crippen LogP contribution >= 0.6 is 11.3 Å². The largest absolute Gasteiger partial charge is 0.387 e. The van der Waals surface area contributed by atoms with Gasteiger partial charge in [-0.2, -0.15) is 10.4 Å². The second kappa shape index (κ2) is 15.6. The molecule has 3 fully saturated rings. The van der Waals surface area contributed by atoms with Crippen molar-refractivity contribution in [3.8, 4) is 28.0 Å². The van der Waals surface area contributed by atoms with Gasteiger partial charge in [-0.25, -0.2) is 9.50 Å². The lowest BCUT2D eigenvalue weighted by molar-refractivity contribution is -0.134. The molecule has 2 saturated heterocycles. The number of anilines is 2. The minimum absolute atomic E-state index is 0.193. The van der Waals surface area contributed by atoms with Gasteiger partial charge in [0.2, 0.25) is 11.8 Å². The Balaban J connectivity index is 0.839. The van der Waals surface area contributed by atoms with Gasteiger partial charge in [0.05, 0.1) is 40.1 Å².